The zero-order chi connectivity index (χ0) is 10.2. The van der Waals surface area contributed by atoms with Gasteiger partial charge in [-0.3, -0.25) is 0 Å². The summed E-state index contributed by atoms with van der Waals surface area (Å²) in [5.41, 5.74) is 11.1. The van der Waals surface area contributed by atoms with Gasteiger partial charge in [-0.15, -0.1) is 0 Å². The Hall–Kier alpha value is 1.19. The summed E-state index contributed by atoms with van der Waals surface area (Å²) < 4.78 is 0. The number of halogens is 2. The van der Waals surface area contributed by atoms with E-state index >= 15 is 0 Å². The summed E-state index contributed by atoms with van der Waals surface area (Å²) in [6.45, 7) is 6.87. The Kier molecular flexibility index (Phi) is 11.4. The quantitative estimate of drug-likeness (QED) is 0.768. The predicted molar refractivity (Wildman–Crippen MR) is 52.8 cm³/mol. The van der Waals surface area contributed by atoms with E-state index in [2.05, 4.69) is 13.8 Å². The average molecular weight is 396 g/mol. The van der Waals surface area contributed by atoms with E-state index in [9.17, 15) is 0 Å². The van der Waals surface area contributed by atoms with E-state index in [1.54, 1.807) is 0 Å². The van der Waals surface area contributed by atoms with Crippen molar-refractivity contribution in [2.75, 3.05) is 6.54 Å². The summed E-state index contributed by atoms with van der Waals surface area (Å²) in [6.07, 6.45) is 1.00. The fraction of sp³-hybridized carbons (Fsp3) is 1.00. The Bertz CT molecular complexity index is 99.4. The van der Waals surface area contributed by atoms with E-state index in [4.69, 9.17) is 30.3 Å². The molecule has 0 radical (unpaired) electrons. The molecule has 1 atom stereocenters. The van der Waals surface area contributed by atoms with Crippen molar-refractivity contribution in [1.82, 2.24) is 0 Å². The summed E-state index contributed by atoms with van der Waals surface area (Å²) >= 11 is -0.472. The van der Waals surface area contributed by atoms with E-state index < -0.39 is 16.5 Å². The molecule has 1 unspecified atom stereocenters. The molecule has 0 heterocycles. The molecule has 0 bridgehead atoms. The van der Waals surface area contributed by atoms with Crippen LogP contribution in [-0.4, -0.2) is 12.1 Å². The molecule has 80 valence electrons. The molecule has 0 aromatic rings. The fourth-order valence-corrected chi connectivity index (χ4v) is 1.02. The van der Waals surface area contributed by atoms with Gasteiger partial charge in [-0.2, -0.15) is 0 Å². The molecule has 0 aromatic carbocycles. The number of nitrogens with two attached hydrogens (primary N) is 2. The minimum absolute atomic E-state index is 0.159. The third kappa shape index (κ3) is 13.8. The second kappa shape index (κ2) is 8.77. The van der Waals surface area contributed by atoms with Crippen molar-refractivity contribution in [3.63, 3.8) is 0 Å². The molecule has 0 rings (SSSR count). The number of hydrogen-bond acceptors (Lipinski definition) is 2. The summed E-state index contributed by atoms with van der Waals surface area (Å²) in [5.74, 6) is 0.642. The molecule has 5 heteroatoms. The maximum absolute atomic E-state index is 5.79. The molecule has 0 amide bonds. The van der Waals surface area contributed by atoms with E-state index in [1.165, 1.54) is 0 Å². The molecular formula is C7H18Cl2N2Pt. The van der Waals surface area contributed by atoms with Gasteiger partial charge in [0.2, 0.25) is 0 Å². The van der Waals surface area contributed by atoms with Crippen LogP contribution in [0.15, 0.2) is 0 Å². The number of hydrogen-bond donors (Lipinski definition) is 2. The minimum atomic E-state index is -0.472. The Morgan fingerprint density at radius 1 is 1.42 bits per heavy atom. The van der Waals surface area contributed by atoms with Gasteiger partial charge in [0.25, 0.3) is 0 Å². The molecule has 4 N–H and O–H groups in total. The Morgan fingerprint density at radius 2 is 1.75 bits per heavy atom. The third-order valence-corrected chi connectivity index (χ3v) is 1.34. The van der Waals surface area contributed by atoms with E-state index in [-0.39, 0.29) is 5.54 Å². The molecular weight excluding hydrogens is 378 g/mol. The predicted octanol–water partition coefficient (Wildman–Crippen LogP) is 2.09. The molecule has 0 saturated heterocycles. The van der Waals surface area contributed by atoms with Gasteiger partial charge in [0, 0.05) is 12.1 Å². The van der Waals surface area contributed by atoms with E-state index in [1.807, 2.05) is 6.92 Å². The van der Waals surface area contributed by atoms with Gasteiger partial charge < -0.3 is 11.5 Å². The third-order valence-electron chi connectivity index (χ3n) is 1.34. The summed E-state index contributed by atoms with van der Waals surface area (Å²) in [5, 5.41) is 0. The zero-order valence-electron chi connectivity index (χ0n) is 7.72. The van der Waals surface area contributed by atoms with E-state index in [0.29, 0.717) is 12.5 Å². The standard InChI is InChI=1S/C7H18N2.2ClH.Pt/c1-6(2)4-7(3,9)5-8;;;/h6H,4-5,8-9H2,1-3H3;2*1H;/q;;;+2/p-2. The zero-order valence-corrected chi connectivity index (χ0v) is 11.5. The van der Waals surface area contributed by atoms with Gasteiger partial charge in [-0.25, -0.2) is 0 Å². The molecule has 0 aliphatic heterocycles. The van der Waals surface area contributed by atoms with Crippen molar-refractivity contribution in [3.05, 3.63) is 0 Å². The molecule has 2 nitrogen and oxygen atoms in total. The van der Waals surface area contributed by atoms with Gasteiger partial charge in [-0.1, -0.05) is 13.8 Å². The first-order chi connectivity index (χ1) is 5.39. The van der Waals surface area contributed by atoms with Crippen LogP contribution in [0.5, 0.6) is 0 Å². The Morgan fingerprint density at radius 3 is 1.83 bits per heavy atom. The van der Waals surface area contributed by atoms with Gasteiger partial charge in [0.1, 0.15) is 0 Å². The van der Waals surface area contributed by atoms with Gasteiger partial charge in [0.15, 0.2) is 0 Å². The summed E-state index contributed by atoms with van der Waals surface area (Å²) in [6, 6.07) is 0. The van der Waals surface area contributed by atoms with Crippen molar-refractivity contribution >= 4 is 18.8 Å². The monoisotopic (exact) mass is 395 g/mol. The van der Waals surface area contributed by atoms with Crippen LogP contribution >= 0.6 is 18.8 Å². The van der Waals surface area contributed by atoms with Crippen LogP contribution in [0.4, 0.5) is 0 Å². The van der Waals surface area contributed by atoms with Crippen LogP contribution in [0.25, 0.3) is 0 Å². The first-order valence-electron chi connectivity index (χ1n) is 3.71. The maximum atomic E-state index is 5.79. The Labute approximate surface area is 91.7 Å². The summed E-state index contributed by atoms with van der Waals surface area (Å²) in [7, 11) is 9.75. The number of rotatable bonds is 3. The Balaban J connectivity index is 0. The molecule has 0 aliphatic carbocycles. The van der Waals surface area contributed by atoms with Crippen molar-refractivity contribution < 1.29 is 16.5 Å². The van der Waals surface area contributed by atoms with Crippen molar-refractivity contribution in [1.29, 1.82) is 0 Å². The molecule has 0 fully saturated rings. The molecule has 0 aliphatic rings. The normalized spacial score (nSPS) is 15.3. The van der Waals surface area contributed by atoms with Gasteiger partial charge in [-0.05, 0) is 19.3 Å². The van der Waals surface area contributed by atoms with Crippen LogP contribution in [0.1, 0.15) is 27.2 Å². The summed E-state index contributed by atoms with van der Waals surface area (Å²) in [4.78, 5) is 0. The van der Waals surface area contributed by atoms with Crippen molar-refractivity contribution in [2.24, 2.45) is 17.4 Å². The fourth-order valence-electron chi connectivity index (χ4n) is 1.02. The SMILES string of the molecule is CC(C)CC(C)(N)CN.[Cl][Pt][Cl]. The molecule has 0 aromatic heterocycles. The molecule has 12 heavy (non-hydrogen) atoms. The van der Waals surface area contributed by atoms with Crippen LogP contribution in [-0.2, 0) is 16.5 Å². The first-order valence-corrected chi connectivity index (χ1v) is 9.34. The molecule has 0 saturated carbocycles. The van der Waals surface area contributed by atoms with Crippen molar-refractivity contribution in [2.45, 2.75) is 32.7 Å². The first kappa shape index (κ1) is 15.7. The molecule has 0 spiro atoms. The van der Waals surface area contributed by atoms with Crippen LogP contribution in [0, 0.1) is 5.92 Å². The van der Waals surface area contributed by atoms with Crippen LogP contribution in [0.2, 0.25) is 0 Å². The second-order valence-corrected chi connectivity index (χ2v) is 6.78. The van der Waals surface area contributed by atoms with Crippen LogP contribution < -0.4 is 11.5 Å². The van der Waals surface area contributed by atoms with E-state index in [0.717, 1.165) is 6.42 Å². The topological polar surface area (TPSA) is 52.0 Å². The van der Waals surface area contributed by atoms with Gasteiger partial charge in [0.05, 0.1) is 0 Å². The van der Waals surface area contributed by atoms with Gasteiger partial charge >= 0.3 is 35.3 Å². The van der Waals surface area contributed by atoms with Crippen LogP contribution in [0.3, 0.4) is 0 Å². The average Bonchev–Trinajstić information content (AvgIpc) is 1.87. The van der Waals surface area contributed by atoms with Crippen molar-refractivity contribution in [3.8, 4) is 0 Å². The second-order valence-electron chi connectivity index (χ2n) is 3.50.